The molecule has 0 fully saturated rings. The highest BCUT2D eigenvalue weighted by atomic mass is 15.3. The summed E-state index contributed by atoms with van der Waals surface area (Å²) in [6.45, 7) is 2.92. The average Bonchev–Trinajstić information content (AvgIpc) is 3.01. The van der Waals surface area contributed by atoms with E-state index in [2.05, 4.69) is 53.7 Å². The van der Waals surface area contributed by atoms with Gasteiger partial charge in [0.25, 0.3) is 0 Å². The third kappa shape index (κ3) is 2.88. The van der Waals surface area contributed by atoms with Crippen molar-refractivity contribution in [2.75, 3.05) is 5.32 Å². The molecule has 100 valence electrons. The average molecular weight is 263 g/mol. The van der Waals surface area contributed by atoms with Gasteiger partial charge in [0, 0.05) is 24.6 Å². The van der Waals surface area contributed by atoms with Crippen LogP contribution in [-0.2, 0) is 6.54 Å². The summed E-state index contributed by atoms with van der Waals surface area (Å²) in [4.78, 5) is 0. The number of hydrogen-bond donors (Lipinski definition) is 1. The molecule has 1 aromatic heterocycles. The van der Waals surface area contributed by atoms with Crippen LogP contribution in [0.3, 0.4) is 0 Å². The number of hydrogen-bond acceptors (Lipinski definition) is 2. The third-order valence-electron chi connectivity index (χ3n) is 3.23. The summed E-state index contributed by atoms with van der Waals surface area (Å²) >= 11 is 0. The first kappa shape index (κ1) is 12.5. The largest absolute Gasteiger partial charge is 0.381 e. The standard InChI is InChI=1S/C17H17N3/c1-14-6-8-15(9-7-14)13-18-16-4-2-5-17(12-16)20-11-3-10-19-20/h2-12,18H,13H2,1H3. The Morgan fingerprint density at radius 3 is 2.65 bits per heavy atom. The number of benzene rings is 2. The summed E-state index contributed by atoms with van der Waals surface area (Å²) in [5.41, 5.74) is 4.72. The normalized spacial score (nSPS) is 10.4. The number of aryl methyl sites for hydroxylation is 1. The Balaban J connectivity index is 1.72. The molecule has 1 heterocycles. The number of rotatable bonds is 4. The summed E-state index contributed by atoms with van der Waals surface area (Å²) in [5.74, 6) is 0. The van der Waals surface area contributed by atoms with Gasteiger partial charge in [-0.15, -0.1) is 0 Å². The fraction of sp³-hybridized carbons (Fsp3) is 0.118. The molecule has 0 saturated heterocycles. The van der Waals surface area contributed by atoms with Gasteiger partial charge in [-0.25, -0.2) is 4.68 Å². The van der Waals surface area contributed by atoms with Crippen molar-refractivity contribution < 1.29 is 0 Å². The van der Waals surface area contributed by atoms with Crippen LogP contribution in [0.25, 0.3) is 5.69 Å². The van der Waals surface area contributed by atoms with Crippen LogP contribution in [0.15, 0.2) is 67.0 Å². The van der Waals surface area contributed by atoms with Crippen molar-refractivity contribution in [2.45, 2.75) is 13.5 Å². The molecule has 0 saturated carbocycles. The summed E-state index contributed by atoms with van der Waals surface area (Å²) in [6, 6.07) is 18.8. The van der Waals surface area contributed by atoms with Crippen LogP contribution in [0.5, 0.6) is 0 Å². The molecule has 2 aromatic carbocycles. The van der Waals surface area contributed by atoms with Gasteiger partial charge in [-0.2, -0.15) is 5.10 Å². The van der Waals surface area contributed by atoms with E-state index in [0.29, 0.717) is 0 Å². The van der Waals surface area contributed by atoms with Gasteiger partial charge in [-0.3, -0.25) is 0 Å². The van der Waals surface area contributed by atoms with Gasteiger partial charge >= 0.3 is 0 Å². The number of nitrogens with zero attached hydrogens (tertiary/aromatic N) is 2. The van der Waals surface area contributed by atoms with Gasteiger partial charge in [-0.1, -0.05) is 35.9 Å². The Bertz CT molecular complexity index is 670. The second-order valence-electron chi connectivity index (χ2n) is 4.84. The van der Waals surface area contributed by atoms with Crippen LogP contribution in [-0.4, -0.2) is 9.78 Å². The van der Waals surface area contributed by atoms with Crippen LogP contribution in [0.2, 0.25) is 0 Å². The molecule has 3 heteroatoms. The Morgan fingerprint density at radius 1 is 1.05 bits per heavy atom. The molecule has 0 radical (unpaired) electrons. The highest BCUT2D eigenvalue weighted by molar-refractivity contribution is 5.51. The quantitative estimate of drug-likeness (QED) is 0.776. The summed E-state index contributed by atoms with van der Waals surface area (Å²) in [6.07, 6.45) is 3.73. The first-order chi connectivity index (χ1) is 9.81. The molecule has 0 spiro atoms. The van der Waals surface area contributed by atoms with Crippen LogP contribution in [0.4, 0.5) is 5.69 Å². The maximum absolute atomic E-state index is 4.24. The lowest BCUT2D eigenvalue weighted by molar-refractivity contribution is 0.880. The second kappa shape index (κ2) is 5.61. The SMILES string of the molecule is Cc1ccc(CNc2cccc(-n3cccn3)c2)cc1. The molecule has 3 aromatic rings. The zero-order valence-electron chi connectivity index (χ0n) is 11.5. The lowest BCUT2D eigenvalue weighted by Gasteiger charge is -2.09. The summed E-state index contributed by atoms with van der Waals surface area (Å²) in [7, 11) is 0. The van der Waals surface area contributed by atoms with E-state index in [-0.39, 0.29) is 0 Å². The topological polar surface area (TPSA) is 29.9 Å². The molecule has 20 heavy (non-hydrogen) atoms. The Labute approximate surface area is 118 Å². The lowest BCUT2D eigenvalue weighted by Crippen LogP contribution is -2.01. The van der Waals surface area contributed by atoms with Crippen molar-refractivity contribution in [3.63, 3.8) is 0 Å². The molecule has 0 bridgehead atoms. The fourth-order valence-electron chi connectivity index (χ4n) is 2.09. The van der Waals surface area contributed by atoms with E-state index in [1.54, 1.807) is 6.20 Å². The summed E-state index contributed by atoms with van der Waals surface area (Å²) in [5, 5.41) is 7.69. The Hall–Kier alpha value is -2.55. The van der Waals surface area contributed by atoms with E-state index in [1.807, 2.05) is 29.1 Å². The monoisotopic (exact) mass is 263 g/mol. The summed E-state index contributed by atoms with van der Waals surface area (Å²) < 4.78 is 1.86. The minimum absolute atomic E-state index is 0.822. The number of aromatic nitrogens is 2. The maximum Gasteiger partial charge on any atom is 0.0666 e. The molecule has 1 N–H and O–H groups in total. The van der Waals surface area contributed by atoms with Crippen molar-refractivity contribution in [3.05, 3.63) is 78.1 Å². The van der Waals surface area contributed by atoms with Gasteiger partial charge in [0.1, 0.15) is 0 Å². The van der Waals surface area contributed by atoms with Crippen molar-refractivity contribution in [2.24, 2.45) is 0 Å². The molecular formula is C17H17N3. The van der Waals surface area contributed by atoms with E-state index in [1.165, 1.54) is 11.1 Å². The first-order valence-electron chi connectivity index (χ1n) is 6.71. The molecule has 0 unspecified atom stereocenters. The minimum Gasteiger partial charge on any atom is -0.381 e. The molecule has 3 nitrogen and oxygen atoms in total. The first-order valence-corrected chi connectivity index (χ1v) is 6.71. The molecular weight excluding hydrogens is 246 g/mol. The van der Waals surface area contributed by atoms with Gasteiger partial charge < -0.3 is 5.32 Å². The zero-order chi connectivity index (χ0) is 13.8. The number of anilines is 1. The minimum atomic E-state index is 0.822. The third-order valence-corrected chi connectivity index (χ3v) is 3.23. The van der Waals surface area contributed by atoms with E-state index in [9.17, 15) is 0 Å². The van der Waals surface area contributed by atoms with E-state index in [0.717, 1.165) is 17.9 Å². The van der Waals surface area contributed by atoms with Crippen molar-refractivity contribution >= 4 is 5.69 Å². The van der Waals surface area contributed by atoms with Crippen LogP contribution in [0, 0.1) is 6.92 Å². The van der Waals surface area contributed by atoms with E-state index >= 15 is 0 Å². The Kier molecular flexibility index (Phi) is 3.50. The second-order valence-corrected chi connectivity index (χ2v) is 4.84. The van der Waals surface area contributed by atoms with Gasteiger partial charge in [0.2, 0.25) is 0 Å². The number of nitrogens with one attached hydrogen (secondary N) is 1. The molecule has 0 amide bonds. The van der Waals surface area contributed by atoms with Crippen LogP contribution < -0.4 is 5.32 Å². The predicted octanol–water partition coefficient (Wildman–Crippen LogP) is 3.79. The van der Waals surface area contributed by atoms with Gasteiger partial charge in [-0.05, 0) is 36.8 Å². The highest BCUT2D eigenvalue weighted by Gasteiger charge is 1.98. The van der Waals surface area contributed by atoms with Crippen molar-refractivity contribution in [1.82, 2.24) is 9.78 Å². The molecule has 0 aliphatic rings. The molecule has 0 aliphatic carbocycles. The van der Waals surface area contributed by atoms with Crippen molar-refractivity contribution in [1.29, 1.82) is 0 Å². The smallest absolute Gasteiger partial charge is 0.0666 e. The maximum atomic E-state index is 4.24. The fourth-order valence-corrected chi connectivity index (χ4v) is 2.09. The van der Waals surface area contributed by atoms with Crippen LogP contribution in [0.1, 0.15) is 11.1 Å². The molecule has 0 aliphatic heterocycles. The zero-order valence-corrected chi connectivity index (χ0v) is 11.5. The Morgan fingerprint density at radius 2 is 1.90 bits per heavy atom. The predicted molar refractivity (Wildman–Crippen MR) is 82.1 cm³/mol. The van der Waals surface area contributed by atoms with Crippen molar-refractivity contribution in [3.8, 4) is 5.69 Å². The molecule has 3 rings (SSSR count). The van der Waals surface area contributed by atoms with Gasteiger partial charge in [0.05, 0.1) is 5.69 Å². The molecule has 0 atom stereocenters. The van der Waals surface area contributed by atoms with E-state index in [4.69, 9.17) is 0 Å². The van der Waals surface area contributed by atoms with Crippen LogP contribution >= 0.6 is 0 Å². The lowest BCUT2D eigenvalue weighted by atomic mass is 10.1. The van der Waals surface area contributed by atoms with E-state index < -0.39 is 0 Å². The highest BCUT2D eigenvalue weighted by Crippen LogP contribution is 2.15. The van der Waals surface area contributed by atoms with Gasteiger partial charge in [0.15, 0.2) is 0 Å².